The first-order valence-corrected chi connectivity index (χ1v) is 25.7. The molecule has 0 spiro atoms. The number of carbonyl (C=O) groups is 2. The molecule has 0 saturated heterocycles. The van der Waals surface area contributed by atoms with Crippen molar-refractivity contribution in [3.63, 3.8) is 0 Å². The molecular formula is C47H94NO8P. The monoisotopic (exact) mass is 832 g/mol. The van der Waals surface area contributed by atoms with Crippen LogP contribution in [0.3, 0.4) is 0 Å². The minimum absolute atomic E-state index is 0.0256. The number of carbonyl (C=O) groups excluding carboxylic acids is 2. The van der Waals surface area contributed by atoms with E-state index in [1.54, 1.807) is 0 Å². The second kappa shape index (κ2) is 40.4. The molecule has 0 heterocycles. The van der Waals surface area contributed by atoms with Crippen molar-refractivity contribution in [1.82, 2.24) is 0 Å². The van der Waals surface area contributed by atoms with Gasteiger partial charge in [-0.2, -0.15) is 0 Å². The standard InChI is InChI=1S/C47H94NO8P/c1-6-8-10-12-14-16-18-19-20-21-22-23-24-25-26-27-28-30-32-34-36-38-40-47(50)56-45(44-55-57(51,52)54-42-41-48(3,4)5)43-53-46(49)39-37-35-33-31-29-17-15-13-11-9-7-2/h45H,6-44H2,1-5H3. The number of unbranched alkanes of at least 4 members (excludes halogenated alkanes) is 31. The third kappa shape index (κ3) is 44.4. The van der Waals surface area contributed by atoms with Gasteiger partial charge in [-0.3, -0.25) is 14.2 Å². The topological polar surface area (TPSA) is 111 Å². The van der Waals surface area contributed by atoms with Gasteiger partial charge < -0.3 is 27.9 Å². The van der Waals surface area contributed by atoms with Gasteiger partial charge in [0.05, 0.1) is 27.7 Å². The van der Waals surface area contributed by atoms with Crippen LogP contribution in [-0.4, -0.2) is 70.0 Å². The first-order valence-electron chi connectivity index (χ1n) is 24.2. The predicted molar refractivity (Wildman–Crippen MR) is 236 cm³/mol. The predicted octanol–water partition coefficient (Wildman–Crippen LogP) is 13.3. The van der Waals surface area contributed by atoms with Gasteiger partial charge >= 0.3 is 11.9 Å². The van der Waals surface area contributed by atoms with Gasteiger partial charge in [0.2, 0.25) is 0 Å². The van der Waals surface area contributed by atoms with Gasteiger partial charge in [-0.05, 0) is 12.8 Å². The van der Waals surface area contributed by atoms with Crippen molar-refractivity contribution in [1.29, 1.82) is 0 Å². The number of phosphoric acid groups is 1. The largest absolute Gasteiger partial charge is 0.756 e. The van der Waals surface area contributed by atoms with Gasteiger partial charge in [0.25, 0.3) is 7.82 Å². The zero-order chi connectivity index (χ0) is 42.1. The molecule has 0 aliphatic rings. The summed E-state index contributed by atoms with van der Waals surface area (Å²) < 4.78 is 33.9. The maximum atomic E-state index is 12.7. The molecular weight excluding hydrogens is 737 g/mol. The Balaban J connectivity index is 4.16. The van der Waals surface area contributed by atoms with Gasteiger partial charge in [0.15, 0.2) is 6.10 Å². The molecule has 0 aromatic heterocycles. The van der Waals surface area contributed by atoms with E-state index in [1.165, 1.54) is 173 Å². The van der Waals surface area contributed by atoms with Crippen LogP contribution in [-0.2, 0) is 32.7 Å². The molecule has 0 radical (unpaired) electrons. The summed E-state index contributed by atoms with van der Waals surface area (Å²) in [7, 11) is 1.18. The Kier molecular flexibility index (Phi) is 39.7. The van der Waals surface area contributed by atoms with Crippen LogP contribution in [0.25, 0.3) is 0 Å². The lowest BCUT2D eigenvalue weighted by atomic mass is 10.0. The summed E-state index contributed by atoms with van der Waals surface area (Å²) in [6, 6.07) is 0. The van der Waals surface area contributed by atoms with Crippen molar-refractivity contribution in [2.24, 2.45) is 0 Å². The number of rotatable bonds is 45. The quantitative estimate of drug-likeness (QED) is 0.0258. The highest BCUT2D eigenvalue weighted by Gasteiger charge is 2.21. The second-order valence-electron chi connectivity index (χ2n) is 17.8. The fraction of sp³-hybridized carbons (Fsp3) is 0.957. The van der Waals surface area contributed by atoms with E-state index in [0.717, 1.165) is 32.1 Å². The number of likely N-dealkylation sites (N-methyl/N-ethyl adjacent to an activating group) is 1. The van der Waals surface area contributed by atoms with E-state index >= 15 is 0 Å². The maximum Gasteiger partial charge on any atom is 0.306 e. The second-order valence-corrected chi connectivity index (χ2v) is 19.3. The average molecular weight is 832 g/mol. The number of esters is 2. The minimum Gasteiger partial charge on any atom is -0.756 e. The highest BCUT2D eigenvalue weighted by molar-refractivity contribution is 7.45. The van der Waals surface area contributed by atoms with Crippen molar-refractivity contribution in [2.75, 3.05) is 47.5 Å². The van der Waals surface area contributed by atoms with Crippen LogP contribution in [0.2, 0.25) is 0 Å². The van der Waals surface area contributed by atoms with Crippen molar-refractivity contribution >= 4 is 19.8 Å². The van der Waals surface area contributed by atoms with Crippen LogP contribution in [0.4, 0.5) is 0 Å². The molecule has 0 aromatic carbocycles. The fourth-order valence-electron chi connectivity index (χ4n) is 7.07. The summed E-state index contributed by atoms with van der Waals surface area (Å²) >= 11 is 0. The summed E-state index contributed by atoms with van der Waals surface area (Å²) in [5.41, 5.74) is 0. The van der Waals surface area contributed by atoms with Gasteiger partial charge in [0.1, 0.15) is 19.8 Å². The van der Waals surface area contributed by atoms with E-state index < -0.39 is 26.5 Å². The zero-order valence-corrected chi connectivity index (χ0v) is 39.2. The van der Waals surface area contributed by atoms with Crippen molar-refractivity contribution in [3.05, 3.63) is 0 Å². The van der Waals surface area contributed by atoms with Crippen LogP contribution in [0.5, 0.6) is 0 Å². The van der Waals surface area contributed by atoms with Crippen LogP contribution < -0.4 is 4.89 Å². The van der Waals surface area contributed by atoms with Crippen molar-refractivity contribution in [2.45, 2.75) is 245 Å². The highest BCUT2D eigenvalue weighted by atomic mass is 31.2. The Hall–Kier alpha value is -0.990. The summed E-state index contributed by atoms with van der Waals surface area (Å²) in [6.45, 7) is 4.26. The number of hydrogen-bond acceptors (Lipinski definition) is 8. The molecule has 0 aliphatic heterocycles. The number of ether oxygens (including phenoxy) is 2. The van der Waals surface area contributed by atoms with Crippen LogP contribution in [0.1, 0.15) is 239 Å². The summed E-state index contributed by atoms with van der Waals surface area (Å²) in [6.07, 6.45) is 41.4. The fourth-order valence-corrected chi connectivity index (χ4v) is 7.80. The third-order valence-electron chi connectivity index (χ3n) is 10.9. The zero-order valence-electron chi connectivity index (χ0n) is 38.3. The first-order chi connectivity index (χ1) is 27.5. The molecule has 0 aromatic rings. The van der Waals surface area contributed by atoms with Crippen LogP contribution in [0.15, 0.2) is 0 Å². The molecule has 0 saturated carbocycles. The molecule has 0 bridgehead atoms. The molecule has 0 aliphatic carbocycles. The Morgan fingerprint density at radius 1 is 0.474 bits per heavy atom. The van der Waals surface area contributed by atoms with Crippen LogP contribution >= 0.6 is 7.82 Å². The Morgan fingerprint density at radius 2 is 0.789 bits per heavy atom. The smallest absolute Gasteiger partial charge is 0.306 e. The van der Waals surface area contributed by atoms with E-state index in [-0.39, 0.29) is 32.0 Å². The number of nitrogens with zero attached hydrogens (tertiary/aromatic N) is 1. The van der Waals surface area contributed by atoms with E-state index in [4.69, 9.17) is 18.5 Å². The lowest BCUT2D eigenvalue weighted by Gasteiger charge is -2.28. The SMILES string of the molecule is CCCCCCCCCCCCCCCCCCCCCCCCC(=O)OC(COC(=O)CCCCCCCCCCCCC)COP(=O)([O-])OCC[N+](C)(C)C. The Morgan fingerprint density at radius 3 is 1.12 bits per heavy atom. The molecule has 10 heteroatoms. The number of quaternary nitrogens is 1. The van der Waals surface area contributed by atoms with E-state index in [9.17, 15) is 19.0 Å². The van der Waals surface area contributed by atoms with E-state index in [2.05, 4.69) is 13.8 Å². The Bertz CT molecular complexity index is 943. The lowest BCUT2D eigenvalue weighted by Crippen LogP contribution is -2.37. The van der Waals surface area contributed by atoms with Crippen molar-refractivity contribution < 1.29 is 42.1 Å². The first kappa shape index (κ1) is 56.0. The number of hydrogen-bond donors (Lipinski definition) is 0. The molecule has 9 nitrogen and oxygen atoms in total. The summed E-state index contributed by atoms with van der Waals surface area (Å²) in [4.78, 5) is 37.5. The summed E-state index contributed by atoms with van der Waals surface area (Å²) in [5.74, 6) is -0.819. The molecule has 0 rings (SSSR count). The normalized spacial score (nSPS) is 13.4. The van der Waals surface area contributed by atoms with Gasteiger partial charge in [-0.15, -0.1) is 0 Å². The van der Waals surface area contributed by atoms with Gasteiger partial charge in [-0.1, -0.05) is 213 Å². The van der Waals surface area contributed by atoms with Gasteiger partial charge in [-0.25, -0.2) is 0 Å². The molecule has 2 atom stereocenters. The van der Waals surface area contributed by atoms with E-state index in [1.807, 2.05) is 21.1 Å². The summed E-state index contributed by atoms with van der Waals surface area (Å²) in [5, 5.41) is 0. The average Bonchev–Trinajstić information content (AvgIpc) is 3.16. The number of phosphoric ester groups is 1. The third-order valence-corrected chi connectivity index (χ3v) is 11.8. The highest BCUT2D eigenvalue weighted by Crippen LogP contribution is 2.38. The molecule has 57 heavy (non-hydrogen) atoms. The molecule has 0 amide bonds. The Labute approximate surface area is 353 Å². The molecule has 2 unspecified atom stereocenters. The molecule has 0 N–H and O–H groups in total. The van der Waals surface area contributed by atoms with Crippen LogP contribution in [0, 0.1) is 0 Å². The molecule has 340 valence electrons. The molecule has 0 fully saturated rings. The maximum absolute atomic E-state index is 12.7. The van der Waals surface area contributed by atoms with E-state index in [0.29, 0.717) is 17.4 Å². The minimum atomic E-state index is -4.62. The van der Waals surface area contributed by atoms with Crippen molar-refractivity contribution in [3.8, 4) is 0 Å². The van der Waals surface area contributed by atoms with Gasteiger partial charge in [0, 0.05) is 12.8 Å². The lowest BCUT2D eigenvalue weighted by molar-refractivity contribution is -0.870.